The molecule has 2 N–H and O–H groups in total. The highest BCUT2D eigenvalue weighted by Gasteiger charge is 2.83. The van der Waals surface area contributed by atoms with Crippen molar-refractivity contribution in [2.24, 2.45) is 27.9 Å². The summed E-state index contributed by atoms with van der Waals surface area (Å²) in [6.07, 6.45) is 8.30. The predicted molar refractivity (Wildman–Crippen MR) is 101 cm³/mol. The second-order valence-corrected chi connectivity index (χ2v) is 10.7. The molecule has 0 aromatic heterocycles. The summed E-state index contributed by atoms with van der Waals surface area (Å²) in [5.41, 5.74) is 8.58. The standard InChI is InChI=1S/C23H30N2O/c1-20-9-16-10-21(19(26)25-8-7-18(24)12-25)14-22(13-20,23(20,11-16)15-21)17-5-3-2-4-6-17/h2-6,16,18H,7-15,24H2,1H3. The Bertz CT molecular complexity index is 793. The fraction of sp³-hybridized carbons (Fsp3) is 0.696. The number of carbonyl (C=O) groups is 1. The first-order chi connectivity index (χ1) is 12.4. The van der Waals surface area contributed by atoms with Gasteiger partial charge in [-0.1, -0.05) is 37.3 Å². The fourth-order valence-electron chi connectivity index (χ4n) is 8.92. The number of carbonyl (C=O) groups excluding carboxylic acids is 1. The van der Waals surface area contributed by atoms with E-state index < -0.39 is 0 Å². The molecule has 5 fully saturated rings. The Labute approximate surface area is 156 Å². The van der Waals surface area contributed by atoms with Gasteiger partial charge in [0.2, 0.25) is 5.91 Å². The number of benzene rings is 1. The van der Waals surface area contributed by atoms with Crippen molar-refractivity contribution in [3.05, 3.63) is 35.9 Å². The van der Waals surface area contributed by atoms with E-state index in [0.29, 0.717) is 16.7 Å². The van der Waals surface area contributed by atoms with Crippen molar-refractivity contribution in [2.75, 3.05) is 13.1 Å². The van der Waals surface area contributed by atoms with E-state index in [0.717, 1.165) is 44.7 Å². The van der Waals surface area contributed by atoms with E-state index in [1.807, 2.05) is 0 Å². The normalized spacial score (nSPS) is 50.8. The minimum Gasteiger partial charge on any atom is -0.341 e. The van der Waals surface area contributed by atoms with Crippen molar-refractivity contribution in [3.8, 4) is 0 Å². The number of nitrogens with two attached hydrogens (primary N) is 1. The molecular formula is C23H30N2O. The van der Waals surface area contributed by atoms with Crippen molar-refractivity contribution in [3.63, 3.8) is 0 Å². The first kappa shape index (κ1) is 15.7. The molecule has 1 amide bonds. The number of nitrogens with zero attached hydrogens (tertiary/aromatic N) is 1. The van der Waals surface area contributed by atoms with Crippen LogP contribution in [0.2, 0.25) is 0 Å². The van der Waals surface area contributed by atoms with Gasteiger partial charge in [0.05, 0.1) is 5.41 Å². The summed E-state index contributed by atoms with van der Waals surface area (Å²) in [5, 5.41) is 0. The van der Waals surface area contributed by atoms with Crippen LogP contribution in [0.15, 0.2) is 30.3 Å². The number of fused-ring (bicyclic) bond motifs is 2. The second-order valence-electron chi connectivity index (χ2n) is 10.7. The van der Waals surface area contributed by atoms with Gasteiger partial charge < -0.3 is 10.6 Å². The molecule has 138 valence electrons. The summed E-state index contributed by atoms with van der Waals surface area (Å²) in [5.74, 6) is 1.20. The molecule has 1 saturated heterocycles. The molecule has 3 nitrogen and oxygen atoms in total. The fourth-order valence-corrected chi connectivity index (χ4v) is 8.92. The Balaban J connectivity index is 1.46. The zero-order chi connectivity index (χ0) is 17.8. The molecular weight excluding hydrogens is 320 g/mol. The third-order valence-electron chi connectivity index (χ3n) is 9.39. The van der Waals surface area contributed by atoms with Crippen LogP contribution in [0.1, 0.15) is 57.4 Å². The maximum Gasteiger partial charge on any atom is 0.228 e. The SMILES string of the molecule is CC12CC3CC4(C(=O)N5CCC(N)C5)CC(c5ccccc5)(C1)C2(C3)C4. The van der Waals surface area contributed by atoms with Gasteiger partial charge in [-0.15, -0.1) is 0 Å². The molecule has 1 aliphatic heterocycles. The van der Waals surface area contributed by atoms with Gasteiger partial charge in [0, 0.05) is 24.5 Å². The molecule has 4 saturated carbocycles. The molecule has 6 rings (SSSR count). The minimum atomic E-state index is -0.114. The van der Waals surface area contributed by atoms with Crippen molar-refractivity contribution < 1.29 is 4.79 Å². The molecule has 6 atom stereocenters. The lowest BCUT2D eigenvalue weighted by Gasteiger charge is -2.66. The third kappa shape index (κ3) is 1.55. The van der Waals surface area contributed by atoms with Gasteiger partial charge in [0.15, 0.2) is 0 Å². The number of rotatable bonds is 2. The van der Waals surface area contributed by atoms with E-state index in [2.05, 4.69) is 42.2 Å². The smallest absolute Gasteiger partial charge is 0.228 e. The molecule has 1 heterocycles. The van der Waals surface area contributed by atoms with E-state index in [-0.39, 0.29) is 16.9 Å². The molecule has 5 aliphatic rings. The summed E-state index contributed by atoms with van der Waals surface area (Å²) in [6.45, 7) is 4.18. The van der Waals surface area contributed by atoms with Crippen LogP contribution in [0.25, 0.3) is 0 Å². The number of likely N-dealkylation sites (tertiary alicyclic amines) is 1. The Kier molecular flexibility index (Phi) is 2.74. The van der Waals surface area contributed by atoms with E-state index in [9.17, 15) is 4.79 Å². The van der Waals surface area contributed by atoms with Gasteiger partial charge in [0.25, 0.3) is 0 Å². The van der Waals surface area contributed by atoms with Crippen LogP contribution in [-0.2, 0) is 10.2 Å². The van der Waals surface area contributed by atoms with Gasteiger partial charge in [-0.25, -0.2) is 0 Å². The minimum absolute atomic E-state index is 0.114. The van der Waals surface area contributed by atoms with Gasteiger partial charge in [0.1, 0.15) is 0 Å². The number of hydrogen-bond acceptors (Lipinski definition) is 2. The summed E-state index contributed by atoms with van der Waals surface area (Å²) in [6, 6.07) is 11.4. The first-order valence-electron chi connectivity index (χ1n) is 10.5. The van der Waals surface area contributed by atoms with Crippen LogP contribution in [0, 0.1) is 22.2 Å². The molecule has 6 unspecified atom stereocenters. The van der Waals surface area contributed by atoms with Gasteiger partial charge in [-0.05, 0) is 67.3 Å². The van der Waals surface area contributed by atoms with Crippen LogP contribution in [0.5, 0.6) is 0 Å². The topological polar surface area (TPSA) is 46.3 Å². The molecule has 26 heavy (non-hydrogen) atoms. The Morgan fingerprint density at radius 2 is 1.92 bits per heavy atom. The highest BCUT2D eigenvalue weighted by atomic mass is 16.2. The molecule has 1 spiro atoms. The lowest BCUT2D eigenvalue weighted by molar-refractivity contribution is -0.144. The molecule has 1 aromatic carbocycles. The molecule has 3 heteroatoms. The van der Waals surface area contributed by atoms with E-state index in [1.165, 1.54) is 24.8 Å². The Morgan fingerprint density at radius 3 is 2.65 bits per heavy atom. The van der Waals surface area contributed by atoms with Crippen LogP contribution in [-0.4, -0.2) is 29.9 Å². The van der Waals surface area contributed by atoms with Crippen LogP contribution in [0.4, 0.5) is 0 Å². The van der Waals surface area contributed by atoms with Crippen LogP contribution < -0.4 is 5.73 Å². The predicted octanol–water partition coefficient (Wildman–Crippen LogP) is 3.47. The average Bonchev–Trinajstić information content (AvgIpc) is 3.18. The van der Waals surface area contributed by atoms with E-state index in [1.54, 1.807) is 0 Å². The number of hydrogen-bond donors (Lipinski definition) is 1. The third-order valence-corrected chi connectivity index (χ3v) is 9.39. The van der Waals surface area contributed by atoms with Crippen molar-refractivity contribution >= 4 is 5.91 Å². The monoisotopic (exact) mass is 350 g/mol. The maximum absolute atomic E-state index is 13.8. The van der Waals surface area contributed by atoms with Gasteiger partial charge in [-0.2, -0.15) is 0 Å². The lowest BCUT2D eigenvalue weighted by atomic mass is 9.38. The molecule has 3 bridgehead atoms. The van der Waals surface area contributed by atoms with Crippen molar-refractivity contribution in [1.29, 1.82) is 0 Å². The summed E-state index contributed by atoms with van der Waals surface area (Å²) >= 11 is 0. The van der Waals surface area contributed by atoms with E-state index >= 15 is 0 Å². The van der Waals surface area contributed by atoms with Gasteiger partial charge >= 0.3 is 0 Å². The highest BCUT2D eigenvalue weighted by Crippen LogP contribution is 2.88. The Morgan fingerprint density at radius 1 is 1.12 bits per heavy atom. The van der Waals surface area contributed by atoms with Crippen molar-refractivity contribution in [2.45, 2.75) is 63.3 Å². The zero-order valence-corrected chi connectivity index (χ0v) is 15.8. The average molecular weight is 351 g/mol. The second kappa shape index (κ2) is 4.55. The van der Waals surface area contributed by atoms with Gasteiger partial charge in [-0.3, -0.25) is 4.79 Å². The summed E-state index contributed by atoms with van der Waals surface area (Å²) in [7, 11) is 0. The summed E-state index contributed by atoms with van der Waals surface area (Å²) in [4.78, 5) is 15.9. The lowest BCUT2D eigenvalue weighted by Crippen LogP contribution is -2.61. The first-order valence-corrected chi connectivity index (χ1v) is 10.5. The molecule has 4 aliphatic carbocycles. The number of amides is 1. The summed E-state index contributed by atoms with van der Waals surface area (Å²) < 4.78 is 0. The van der Waals surface area contributed by atoms with Crippen LogP contribution in [0.3, 0.4) is 0 Å². The largest absolute Gasteiger partial charge is 0.341 e. The van der Waals surface area contributed by atoms with E-state index in [4.69, 9.17) is 5.73 Å². The quantitative estimate of drug-likeness (QED) is 0.888. The van der Waals surface area contributed by atoms with Crippen LogP contribution >= 0.6 is 0 Å². The Hall–Kier alpha value is -1.35. The van der Waals surface area contributed by atoms with Crippen molar-refractivity contribution in [1.82, 2.24) is 4.90 Å². The maximum atomic E-state index is 13.8. The molecule has 0 radical (unpaired) electrons. The zero-order valence-electron chi connectivity index (χ0n) is 15.8. The molecule has 1 aromatic rings. The highest BCUT2D eigenvalue weighted by molar-refractivity contribution is 5.85.